The van der Waals surface area contributed by atoms with Gasteiger partial charge in [-0.25, -0.2) is 0 Å². The van der Waals surface area contributed by atoms with Crippen molar-refractivity contribution in [2.75, 3.05) is 19.7 Å². The average Bonchev–Trinajstić information content (AvgIpc) is 2.69. The van der Waals surface area contributed by atoms with E-state index in [2.05, 4.69) is 6.07 Å². The smallest absolute Gasteiger partial charge is 0.326 e. The third kappa shape index (κ3) is 5.60. The Morgan fingerprint density at radius 1 is 1.17 bits per heavy atom. The third-order valence-electron chi connectivity index (χ3n) is 4.73. The lowest BCUT2D eigenvalue weighted by Gasteiger charge is -2.29. The molecule has 3 rings (SSSR count). The molecule has 1 heterocycles. The van der Waals surface area contributed by atoms with E-state index in [1.807, 2.05) is 18.2 Å². The summed E-state index contributed by atoms with van der Waals surface area (Å²) in [6.45, 7) is 6.35. The van der Waals surface area contributed by atoms with Gasteiger partial charge in [0.1, 0.15) is 17.9 Å². The van der Waals surface area contributed by atoms with Gasteiger partial charge in [0.25, 0.3) is 5.91 Å². The predicted octanol–water partition coefficient (Wildman–Crippen LogP) is 3.52. The molecule has 2 aromatic rings. The summed E-state index contributed by atoms with van der Waals surface area (Å²) >= 11 is 0. The van der Waals surface area contributed by atoms with E-state index in [-0.39, 0.29) is 12.5 Å². The zero-order chi connectivity index (χ0) is 21.7. The SMILES string of the molecule is CC(C)(C)OC(=O)CN1CCc2cc(OCCc3ccc(C#N)cc3)ccc2C1=O. The molecule has 1 amide bonds. The van der Waals surface area contributed by atoms with Crippen LogP contribution in [-0.4, -0.2) is 42.1 Å². The minimum atomic E-state index is -0.572. The molecule has 0 atom stereocenters. The molecule has 156 valence electrons. The van der Waals surface area contributed by atoms with Gasteiger partial charge < -0.3 is 14.4 Å². The molecule has 0 radical (unpaired) electrons. The molecule has 0 bridgehead atoms. The number of hydrogen-bond donors (Lipinski definition) is 0. The maximum absolute atomic E-state index is 12.7. The Hall–Kier alpha value is -3.33. The first kappa shape index (κ1) is 21.4. The lowest BCUT2D eigenvalue weighted by Crippen LogP contribution is -2.42. The summed E-state index contributed by atoms with van der Waals surface area (Å²) in [5, 5.41) is 8.85. The molecule has 1 aliphatic heterocycles. The van der Waals surface area contributed by atoms with Crippen molar-refractivity contribution in [3.05, 3.63) is 64.7 Å². The summed E-state index contributed by atoms with van der Waals surface area (Å²) in [7, 11) is 0. The fourth-order valence-electron chi connectivity index (χ4n) is 3.32. The Morgan fingerprint density at radius 3 is 2.57 bits per heavy atom. The number of rotatable bonds is 6. The summed E-state index contributed by atoms with van der Waals surface area (Å²) in [6.07, 6.45) is 1.39. The molecular formula is C24H26N2O4. The Labute approximate surface area is 177 Å². The fraction of sp³-hybridized carbons (Fsp3) is 0.375. The molecular weight excluding hydrogens is 380 g/mol. The largest absolute Gasteiger partial charge is 0.493 e. The van der Waals surface area contributed by atoms with Gasteiger partial charge in [0, 0.05) is 18.5 Å². The van der Waals surface area contributed by atoms with Crippen molar-refractivity contribution in [1.29, 1.82) is 5.26 Å². The van der Waals surface area contributed by atoms with Crippen molar-refractivity contribution in [3.8, 4) is 11.8 Å². The first-order valence-electron chi connectivity index (χ1n) is 10.0. The van der Waals surface area contributed by atoms with Crippen LogP contribution in [0, 0.1) is 11.3 Å². The normalized spacial score (nSPS) is 13.4. The van der Waals surface area contributed by atoms with Crippen LogP contribution in [0.2, 0.25) is 0 Å². The zero-order valence-electron chi connectivity index (χ0n) is 17.6. The van der Waals surface area contributed by atoms with Gasteiger partial charge >= 0.3 is 5.97 Å². The highest BCUT2D eigenvalue weighted by molar-refractivity contribution is 5.98. The van der Waals surface area contributed by atoms with E-state index in [9.17, 15) is 9.59 Å². The summed E-state index contributed by atoms with van der Waals surface area (Å²) in [6, 6.07) is 15.0. The first-order chi connectivity index (χ1) is 14.2. The number of carbonyl (C=O) groups excluding carboxylic acids is 2. The Balaban J connectivity index is 1.56. The number of nitrogens with zero attached hydrogens (tertiary/aromatic N) is 2. The monoisotopic (exact) mass is 406 g/mol. The van der Waals surface area contributed by atoms with Crippen LogP contribution < -0.4 is 4.74 Å². The van der Waals surface area contributed by atoms with E-state index in [1.165, 1.54) is 4.90 Å². The summed E-state index contributed by atoms with van der Waals surface area (Å²) in [4.78, 5) is 26.3. The van der Waals surface area contributed by atoms with Crippen LogP contribution in [-0.2, 0) is 22.4 Å². The standard InChI is InChI=1S/C24H26N2O4/c1-24(2,3)30-22(27)16-26-12-10-19-14-20(8-9-21(19)23(26)28)29-13-11-17-4-6-18(15-25)7-5-17/h4-9,14H,10-13,16H2,1-3H3. The predicted molar refractivity (Wildman–Crippen MR) is 112 cm³/mol. The number of ether oxygens (including phenoxy) is 2. The molecule has 6 heteroatoms. The number of fused-ring (bicyclic) bond motifs is 1. The number of carbonyl (C=O) groups is 2. The molecule has 6 nitrogen and oxygen atoms in total. The highest BCUT2D eigenvalue weighted by atomic mass is 16.6. The van der Waals surface area contributed by atoms with Gasteiger partial charge in [-0.3, -0.25) is 9.59 Å². The number of esters is 1. The molecule has 0 unspecified atom stereocenters. The lowest BCUT2D eigenvalue weighted by molar-refractivity contribution is -0.155. The lowest BCUT2D eigenvalue weighted by atomic mass is 9.98. The van der Waals surface area contributed by atoms with Gasteiger partial charge in [0.15, 0.2) is 0 Å². The summed E-state index contributed by atoms with van der Waals surface area (Å²) in [5.41, 5.74) is 2.69. The highest BCUT2D eigenvalue weighted by Gasteiger charge is 2.28. The zero-order valence-corrected chi connectivity index (χ0v) is 17.6. The Bertz CT molecular complexity index is 968. The van der Waals surface area contributed by atoms with Gasteiger partial charge in [0.05, 0.1) is 18.2 Å². The van der Waals surface area contributed by atoms with E-state index in [0.717, 1.165) is 23.3 Å². The van der Waals surface area contributed by atoms with Crippen molar-refractivity contribution < 1.29 is 19.1 Å². The third-order valence-corrected chi connectivity index (χ3v) is 4.73. The van der Waals surface area contributed by atoms with Gasteiger partial charge in [0.2, 0.25) is 0 Å². The maximum Gasteiger partial charge on any atom is 0.326 e. The van der Waals surface area contributed by atoms with Crippen LogP contribution in [0.15, 0.2) is 42.5 Å². The molecule has 0 saturated carbocycles. The second kappa shape index (κ2) is 9.00. The van der Waals surface area contributed by atoms with Gasteiger partial charge in [-0.2, -0.15) is 5.26 Å². The number of nitriles is 1. The maximum atomic E-state index is 12.7. The Morgan fingerprint density at radius 2 is 1.90 bits per heavy atom. The molecule has 0 aliphatic carbocycles. The fourth-order valence-corrected chi connectivity index (χ4v) is 3.32. The van der Waals surface area contributed by atoms with Crippen LogP contribution in [0.1, 0.15) is 47.8 Å². The minimum Gasteiger partial charge on any atom is -0.493 e. The van der Waals surface area contributed by atoms with Crippen LogP contribution >= 0.6 is 0 Å². The van der Waals surface area contributed by atoms with Gasteiger partial charge in [-0.05, 0) is 68.7 Å². The van der Waals surface area contributed by atoms with E-state index in [0.29, 0.717) is 30.7 Å². The topological polar surface area (TPSA) is 79.6 Å². The number of benzene rings is 2. The van der Waals surface area contributed by atoms with Gasteiger partial charge in [-0.1, -0.05) is 12.1 Å². The summed E-state index contributed by atoms with van der Waals surface area (Å²) < 4.78 is 11.2. The number of hydrogen-bond acceptors (Lipinski definition) is 5. The van der Waals surface area contributed by atoms with Crippen molar-refractivity contribution in [2.24, 2.45) is 0 Å². The molecule has 0 fully saturated rings. The van der Waals surface area contributed by atoms with E-state index in [4.69, 9.17) is 14.7 Å². The molecule has 1 aliphatic rings. The van der Waals surface area contributed by atoms with Crippen LogP contribution in [0.3, 0.4) is 0 Å². The Kier molecular flexibility index (Phi) is 6.41. The molecule has 0 N–H and O–H groups in total. The van der Waals surface area contributed by atoms with Crippen LogP contribution in [0.5, 0.6) is 5.75 Å². The van der Waals surface area contributed by atoms with Crippen molar-refractivity contribution >= 4 is 11.9 Å². The average molecular weight is 406 g/mol. The van der Waals surface area contributed by atoms with Crippen molar-refractivity contribution in [2.45, 2.75) is 39.2 Å². The number of amides is 1. The first-order valence-corrected chi connectivity index (χ1v) is 10.0. The highest BCUT2D eigenvalue weighted by Crippen LogP contribution is 2.24. The second-order valence-electron chi connectivity index (χ2n) is 8.29. The van der Waals surface area contributed by atoms with Gasteiger partial charge in [-0.15, -0.1) is 0 Å². The minimum absolute atomic E-state index is 0.0433. The van der Waals surface area contributed by atoms with Crippen LogP contribution in [0.4, 0.5) is 0 Å². The molecule has 0 spiro atoms. The van der Waals surface area contributed by atoms with E-state index < -0.39 is 11.6 Å². The molecule has 0 saturated heterocycles. The molecule has 0 aromatic heterocycles. The van der Waals surface area contributed by atoms with Crippen LogP contribution in [0.25, 0.3) is 0 Å². The summed E-state index contributed by atoms with van der Waals surface area (Å²) in [5.74, 6) is 0.157. The van der Waals surface area contributed by atoms with Crippen molar-refractivity contribution in [3.63, 3.8) is 0 Å². The molecule has 30 heavy (non-hydrogen) atoms. The van der Waals surface area contributed by atoms with Crippen molar-refractivity contribution in [1.82, 2.24) is 4.90 Å². The van der Waals surface area contributed by atoms with E-state index in [1.54, 1.807) is 45.0 Å². The molecule has 2 aromatic carbocycles. The second-order valence-corrected chi connectivity index (χ2v) is 8.29. The van der Waals surface area contributed by atoms with E-state index >= 15 is 0 Å². The quantitative estimate of drug-likeness (QED) is 0.686.